The van der Waals surface area contributed by atoms with Gasteiger partial charge < -0.3 is 5.11 Å². The third-order valence-electron chi connectivity index (χ3n) is 6.34. The molecule has 1 aromatic heterocycles. The highest BCUT2D eigenvalue weighted by Crippen LogP contribution is 2.50. The molecule has 2 fully saturated rings. The minimum atomic E-state index is -0.804. The first-order valence-electron chi connectivity index (χ1n) is 9.54. The number of fused-ring (bicyclic) bond motifs is 3. The van der Waals surface area contributed by atoms with Crippen molar-refractivity contribution >= 4 is 11.0 Å². The van der Waals surface area contributed by atoms with Gasteiger partial charge in [0.2, 0.25) is 0 Å². The molecule has 26 heavy (non-hydrogen) atoms. The predicted octanol–water partition coefficient (Wildman–Crippen LogP) is 3.08. The standard InChI is InChI=1S/C21H24N4O/c26-21(18-10-5-11-19-20(18)23-24-22-19)16-8-4-9-17(21)14-25(13-16)12-15-6-2-1-3-7-15/h1-3,5-7,10-11,16-17,26H,4,8-9,12-14H2,(H,22,23,24). The highest BCUT2D eigenvalue weighted by Gasteiger charge is 2.52. The Labute approximate surface area is 153 Å². The Bertz CT molecular complexity index is 893. The van der Waals surface area contributed by atoms with Gasteiger partial charge in [-0.1, -0.05) is 54.1 Å². The molecule has 1 saturated carbocycles. The molecule has 1 aliphatic heterocycles. The minimum Gasteiger partial charge on any atom is -0.384 e. The lowest BCUT2D eigenvalue weighted by Crippen LogP contribution is -2.57. The summed E-state index contributed by atoms with van der Waals surface area (Å²) in [6.45, 7) is 2.81. The van der Waals surface area contributed by atoms with Crippen LogP contribution in [0.25, 0.3) is 11.0 Å². The number of H-pyrrole nitrogens is 1. The summed E-state index contributed by atoms with van der Waals surface area (Å²) in [4.78, 5) is 2.52. The molecule has 2 bridgehead atoms. The van der Waals surface area contributed by atoms with E-state index in [0.29, 0.717) is 0 Å². The maximum Gasteiger partial charge on any atom is 0.119 e. The first-order chi connectivity index (χ1) is 12.7. The zero-order valence-corrected chi connectivity index (χ0v) is 14.8. The van der Waals surface area contributed by atoms with E-state index in [4.69, 9.17) is 0 Å². The van der Waals surface area contributed by atoms with Crippen molar-refractivity contribution in [3.8, 4) is 0 Å². The van der Waals surface area contributed by atoms with E-state index in [-0.39, 0.29) is 11.8 Å². The van der Waals surface area contributed by atoms with Gasteiger partial charge in [0.1, 0.15) is 5.52 Å². The molecule has 5 nitrogen and oxygen atoms in total. The summed E-state index contributed by atoms with van der Waals surface area (Å²) in [6.07, 6.45) is 3.32. The Balaban J connectivity index is 1.48. The van der Waals surface area contributed by atoms with Crippen LogP contribution in [-0.4, -0.2) is 38.5 Å². The average molecular weight is 348 g/mol. The van der Waals surface area contributed by atoms with Gasteiger partial charge in [0, 0.05) is 37.0 Å². The molecule has 5 heteroatoms. The molecular formula is C21H24N4O. The molecule has 0 spiro atoms. The fourth-order valence-electron chi connectivity index (χ4n) is 5.15. The van der Waals surface area contributed by atoms with Gasteiger partial charge in [-0.3, -0.25) is 10.00 Å². The molecule has 134 valence electrons. The molecule has 2 unspecified atom stereocenters. The van der Waals surface area contributed by atoms with Crippen LogP contribution in [0.2, 0.25) is 0 Å². The Morgan fingerprint density at radius 2 is 1.81 bits per heavy atom. The molecule has 1 aliphatic carbocycles. The van der Waals surface area contributed by atoms with Gasteiger partial charge in [-0.2, -0.15) is 0 Å². The fourth-order valence-corrected chi connectivity index (χ4v) is 5.15. The van der Waals surface area contributed by atoms with Crippen molar-refractivity contribution in [3.05, 3.63) is 59.7 Å². The molecule has 1 saturated heterocycles. The first-order valence-corrected chi connectivity index (χ1v) is 9.54. The van der Waals surface area contributed by atoms with Gasteiger partial charge in [-0.15, -0.1) is 5.10 Å². The van der Waals surface area contributed by atoms with Gasteiger partial charge in [0.15, 0.2) is 0 Å². The number of rotatable bonds is 3. The maximum atomic E-state index is 11.9. The fraction of sp³-hybridized carbons (Fsp3) is 0.429. The average Bonchev–Trinajstić information content (AvgIpc) is 3.12. The number of aromatic nitrogens is 3. The predicted molar refractivity (Wildman–Crippen MR) is 100 cm³/mol. The van der Waals surface area contributed by atoms with E-state index in [0.717, 1.165) is 49.1 Å². The second kappa shape index (κ2) is 6.18. The summed E-state index contributed by atoms with van der Waals surface area (Å²) < 4.78 is 0. The van der Waals surface area contributed by atoms with Gasteiger partial charge in [0.05, 0.1) is 11.1 Å². The molecule has 2 aromatic carbocycles. The number of likely N-dealkylation sites (tertiary alicyclic amines) is 1. The Hall–Kier alpha value is -2.24. The molecule has 2 atom stereocenters. The summed E-state index contributed by atoms with van der Waals surface area (Å²) in [5.41, 5.74) is 3.22. The van der Waals surface area contributed by atoms with E-state index >= 15 is 0 Å². The summed E-state index contributed by atoms with van der Waals surface area (Å²) in [5, 5.41) is 23.1. The number of aliphatic hydroxyl groups is 1. The van der Waals surface area contributed by atoms with Crippen molar-refractivity contribution in [1.29, 1.82) is 0 Å². The van der Waals surface area contributed by atoms with Crippen molar-refractivity contribution in [2.45, 2.75) is 31.4 Å². The number of hydrogen-bond acceptors (Lipinski definition) is 4. The van der Waals surface area contributed by atoms with Crippen LogP contribution in [0.5, 0.6) is 0 Å². The zero-order chi connectivity index (χ0) is 17.6. The Morgan fingerprint density at radius 1 is 1.04 bits per heavy atom. The van der Waals surface area contributed by atoms with E-state index in [1.165, 1.54) is 12.0 Å². The second-order valence-electron chi connectivity index (χ2n) is 7.84. The van der Waals surface area contributed by atoms with Crippen molar-refractivity contribution in [2.75, 3.05) is 13.1 Å². The highest BCUT2D eigenvalue weighted by atomic mass is 16.3. The van der Waals surface area contributed by atoms with Gasteiger partial charge in [0.25, 0.3) is 0 Å². The van der Waals surface area contributed by atoms with Crippen LogP contribution in [0, 0.1) is 11.8 Å². The zero-order valence-electron chi connectivity index (χ0n) is 14.8. The molecule has 2 aliphatic rings. The van der Waals surface area contributed by atoms with Gasteiger partial charge in [-0.05, 0) is 24.5 Å². The molecule has 3 aromatic rings. The van der Waals surface area contributed by atoms with E-state index < -0.39 is 5.60 Å². The van der Waals surface area contributed by atoms with Crippen LogP contribution in [0.1, 0.15) is 30.4 Å². The number of nitrogens with zero attached hydrogens (tertiary/aromatic N) is 3. The number of benzene rings is 2. The lowest BCUT2D eigenvalue weighted by molar-refractivity contribution is -0.147. The Kier molecular flexibility index (Phi) is 3.80. The van der Waals surface area contributed by atoms with Gasteiger partial charge >= 0.3 is 0 Å². The minimum absolute atomic E-state index is 0.237. The molecular weight excluding hydrogens is 324 g/mol. The maximum absolute atomic E-state index is 11.9. The highest BCUT2D eigenvalue weighted by molar-refractivity contribution is 5.78. The van der Waals surface area contributed by atoms with E-state index in [2.05, 4.69) is 50.6 Å². The summed E-state index contributed by atoms with van der Waals surface area (Å²) in [6, 6.07) is 16.7. The van der Waals surface area contributed by atoms with Gasteiger partial charge in [-0.25, -0.2) is 0 Å². The summed E-state index contributed by atoms with van der Waals surface area (Å²) in [5.74, 6) is 0.474. The van der Waals surface area contributed by atoms with Crippen LogP contribution < -0.4 is 0 Å². The smallest absolute Gasteiger partial charge is 0.119 e. The number of piperidine rings is 1. The van der Waals surface area contributed by atoms with Crippen LogP contribution in [0.3, 0.4) is 0 Å². The molecule has 2 N–H and O–H groups in total. The summed E-state index contributed by atoms with van der Waals surface area (Å²) >= 11 is 0. The lowest BCUT2D eigenvalue weighted by Gasteiger charge is -2.53. The topological polar surface area (TPSA) is 65.0 Å². The second-order valence-corrected chi connectivity index (χ2v) is 7.84. The van der Waals surface area contributed by atoms with E-state index in [1.807, 2.05) is 18.2 Å². The van der Waals surface area contributed by atoms with Crippen molar-refractivity contribution < 1.29 is 5.11 Å². The number of nitrogens with one attached hydrogen (secondary N) is 1. The van der Waals surface area contributed by atoms with E-state index in [9.17, 15) is 5.11 Å². The monoisotopic (exact) mass is 348 g/mol. The number of aromatic amines is 1. The largest absolute Gasteiger partial charge is 0.384 e. The third-order valence-corrected chi connectivity index (χ3v) is 6.34. The first kappa shape index (κ1) is 16.0. The SMILES string of the molecule is OC1(c2cccc3[nH]nnc23)C2CCCC1CN(Cc1ccccc1)C2. The van der Waals surface area contributed by atoms with E-state index in [1.54, 1.807) is 0 Å². The van der Waals surface area contributed by atoms with Crippen LogP contribution in [0.4, 0.5) is 0 Å². The van der Waals surface area contributed by atoms with Crippen molar-refractivity contribution in [2.24, 2.45) is 11.8 Å². The Morgan fingerprint density at radius 3 is 2.58 bits per heavy atom. The molecule has 0 radical (unpaired) electrons. The lowest BCUT2D eigenvalue weighted by atomic mass is 9.62. The number of hydrogen-bond donors (Lipinski definition) is 2. The molecule has 2 heterocycles. The molecule has 0 amide bonds. The molecule has 5 rings (SSSR count). The van der Waals surface area contributed by atoms with Crippen LogP contribution >= 0.6 is 0 Å². The van der Waals surface area contributed by atoms with Crippen LogP contribution in [0.15, 0.2) is 48.5 Å². The summed E-state index contributed by atoms with van der Waals surface area (Å²) in [7, 11) is 0. The van der Waals surface area contributed by atoms with Crippen molar-refractivity contribution in [3.63, 3.8) is 0 Å². The van der Waals surface area contributed by atoms with Crippen LogP contribution in [-0.2, 0) is 12.1 Å². The third kappa shape index (κ3) is 2.46. The normalized spacial score (nSPS) is 29.1. The van der Waals surface area contributed by atoms with Crippen molar-refractivity contribution in [1.82, 2.24) is 20.3 Å². The quantitative estimate of drug-likeness (QED) is 0.763.